The molecule has 0 bridgehead atoms. The van der Waals surface area contributed by atoms with Gasteiger partial charge in [0, 0.05) is 5.39 Å². The van der Waals surface area contributed by atoms with Gasteiger partial charge in [-0.15, -0.1) is 10.2 Å². The Bertz CT molecular complexity index is 1120. The quantitative estimate of drug-likeness (QED) is 0.593. The van der Waals surface area contributed by atoms with Gasteiger partial charge in [0.25, 0.3) is 5.91 Å². The van der Waals surface area contributed by atoms with E-state index in [-0.39, 0.29) is 21.9 Å². The minimum absolute atomic E-state index is 0.0581. The van der Waals surface area contributed by atoms with Gasteiger partial charge in [0.05, 0.1) is 21.7 Å². The summed E-state index contributed by atoms with van der Waals surface area (Å²) in [4.78, 5) is 11.2. The number of hydrogen-bond acceptors (Lipinski definition) is 8. The molecule has 0 spiro atoms. The fourth-order valence-electron chi connectivity index (χ4n) is 2.04. The maximum Gasteiger partial charge on any atom is 0.252 e. The second-order valence-corrected chi connectivity index (χ2v) is 7.29. The van der Waals surface area contributed by atoms with E-state index in [1.54, 1.807) is 0 Å². The van der Waals surface area contributed by atoms with Crippen molar-refractivity contribution < 1.29 is 18.3 Å². The van der Waals surface area contributed by atoms with Crippen molar-refractivity contribution in [2.75, 3.05) is 0 Å². The predicted octanol–water partition coefficient (Wildman–Crippen LogP) is 2.16. The highest BCUT2D eigenvalue weighted by atomic mass is 32.2. The molecule has 0 radical (unpaired) electrons. The molecule has 0 saturated carbocycles. The summed E-state index contributed by atoms with van der Waals surface area (Å²) in [6.07, 6.45) is 0. The molecule has 9 nitrogen and oxygen atoms in total. The number of fused-ring (bicyclic) bond motifs is 1. The summed E-state index contributed by atoms with van der Waals surface area (Å²) in [5, 5.41) is 23.5. The molecular formula is C14H11N5O4S2. The Labute approximate surface area is 145 Å². The van der Waals surface area contributed by atoms with Crippen LogP contribution in [0.15, 0.2) is 51.5 Å². The number of primary sulfonamides is 1. The molecule has 5 N–H and O–H groups in total. The van der Waals surface area contributed by atoms with E-state index < -0.39 is 15.9 Å². The number of azo groups is 1. The number of aromatic nitrogens is 1. The molecule has 0 aliphatic carbocycles. The molecule has 0 atom stereocenters. The summed E-state index contributed by atoms with van der Waals surface area (Å²) in [5.41, 5.74) is 5.92. The summed E-state index contributed by atoms with van der Waals surface area (Å²) in [6, 6.07) is 8.27. The van der Waals surface area contributed by atoms with Crippen LogP contribution in [-0.2, 0) is 10.0 Å². The number of rotatable bonds is 4. The van der Waals surface area contributed by atoms with Gasteiger partial charge in [0.2, 0.25) is 10.0 Å². The molecule has 3 rings (SSSR count). The third-order valence-corrected chi connectivity index (χ3v) is 4.93. The van der Waals surface area contributed by atoms with E-state index >= 15 is 0 Å². The van der Waals surface area contributed by atoms with Crippen LogP contribution < -0.4 is 10.9 Å². The predicted molar refractivity (Wildman–Crippen MR) is 91.8 cm³/mol. The molecule has 0 unspecified atom stereocenters. The number of nitrogens with two attached hydrogens (primary N) is 2. The lowest BCUT2D eigenvalue weighted by molar-refractivity contribution is 0.0998. The van der Waals surface area contributed by atoms with Crippen LogP contribution in [0.1, 0.15) is 10.4 Å². The standard InChI is InChI=1S/C14H11N5O4S2/c15-13(21)10-5-7(1-4-12(10)20)17-18-14-9-6-8(25(16,22)23)2-3-11(9)19-24-14/h1-6,20H,(H2,15,21)(H2,16,22,23)/b18-17+. The molecular weight excluding hydrogens is 366 g/mol. The van der Waals surface area contributed by atoms with Crippen LogP contribution in [0.3, 0.4) is 0 Å². The fraction of sp³-hybridized carbons (Fsp3) is 0. The molecule has 0 fully saturated rings. The van der Waals surface area contributed by atoms with Gasteiger partial charge in [-0.2, -0.15) is 4.37 Å². The van der Waals surface area contributed by atoms with Crippen LogP contribution in [0, 0.1) is 0 Å². The smallest absolute Gasteiger partial charge is 0.252 e. The van der Waals surface area contributed by atoms with Crippen LogP contribution in [0.2, 0.25) is 0 Å². The first-order valence-corrected chi connectivity index (χ1v) is 9.04. The third-order valence-electron chi connectivity index (χ3n) is 3.26. The van der Waals surface area contributed by atoms with E-state index in [2.05, 4.69) is 14.6 Å². The number of carbonyl (C=O) groups is 1. The largest absolute Gasteiger partial charge is 0.507 e. The number of hydrogen-bond donors (Lipinski definition) is 3. The number of primary amides is 1. The van der Waals surface area contributed by atoms with Gasteiger partial charge in [0.15, 0.2) is 5.00 Å². The Hall–Kier alpha value is -2.89. The first-order valence-electron chi connectivity index (χ1n) is 6.72. The first-order chi connectivity index (χ1) is 11.8. The van der Waals surface area contributed by atoms with Crippen molar-refractivity contribution in [3.8, 4) is 5.75 Å². The Balaban J connectivity index is 2.02. The van der Waals surface area contributed by atoms with Crippen molar-refractivity contribution in [3.63, 3.8) is 0 Å². The number of carbonyl (C=O) groups excluding carboxylic acids is 1. The average Bonchev–Trinajstić information content (AvgIpc) is 2.95. The van der Waals surface area contributed by atoms with Gasteiger partial charge in [-0.25, -0.2) is 13.6 Å². The highest BCUT2D eigenvalue weighted by molar-refractivity contribution is 7.89. The highest BCUT2D eigenvalue weighted by Gasteiger charge is 2.13. The number of nitrogens with zero attached hydrogens (tertiary/aromatic N) is 3. The van der Waals surface area contributed by atoms with Crippen molar-refractivity contribution in [2.24, 2.45) is 21.1 Å². The molecule has 0 aliphatic rings. The number of sulfonamides is 1. The van der Waals surface area contributed by atoms with E-state index in [9.17, 15) is 18.3 Å². The Morgan fingerprint density at radius 3 is 2.60 bits per heavy atom. The summed E-state index contributed by atoms with van der Waals surface area (Å²) < 4.78 is 27.1. The fourth-order valence-corrected chi connectivity index (χ4v) is 3.27. The molecule has 1 amide bonds. The van der Waals surface area contributed by atoms with Crippen molar-refractivity contribution in [1.29, 1.82) is 0 Å². The van der Waals surface area contributed by atoms with E-state index in [4.69, 9.17) is 10.9 Å². The van der Waals surface area contributed by atoms with Gasteiger partial charge in [-0.3, -0.25) is 4.79 Å². The molecule has 0 saturated heterocycles. The van der Waals surface area contributed by atoms with Crippen LogP contribution in [0.25, 0.3) is 10.9 Å². The van der Waals surface area contributed by atoms with Crippen molar-refractivity contribution >= 4 is 49.1 Å². The minimum Gasteiger partial charge on any atom is -0.507 e. The maximum atomic E-state index is 11.5. The van der Waals surface area contributed by atoms with Crippen molar-refractivity contribution in [1.82, 2.24) is 4.37 Å². The van der Waals surface area contributed by atoms with Crippen LogP contribution >= 0.6 is 11.5 Å². The lowest BCUT2D eigenvalue weighted by atomic mass is 10.2. The first kappa shape index (κ1) is 17.0. The average molecular weight is 377 g/mol. The zero-order chi connectivity index (χ0) is 18.2. The topological polar surface area (TPSA) is 161 Å². The number of benzene rings is 2. The molecule has 1 aromatic heterocycles. The van der Waals surface area contributed by atoms with E-state index in [1.807, 2.05) is 0 Å². The zero-order valence-corrected chi connectivity index (χ0v) is 14.1. The highest BCUT2D eigenvalue weighted by Crippen LogP contribution is 2.33. The van der Waals surface area contributed by atoms with Gasteiger partial charge in [-0.1, -0.05) is 0 Å². The van der Waals surface area contributed by atoms with Crippen LogP contribution in [0.5, 0.6) is 5.75 Å². The number of phenols is 1. The lowest BCUT2D eigenvalue weighted by Crippen LogP contribution is -2.11. The molecule has 128 valence electrons. The number of aromatic hydroxyl groups is 1. The Morgan fingerprint density at radius 2 is 1.92 bits per heavy atom. The van der Waals surface area contributed by atoms with E-state index in [1.165, 1.54) is 36.4 Å². The van der Waals surface area contributed by atoms with Gasteiger partial charge < -0.3 is 10.8 Å². The van der Waals surface area contributed by atoms with E-state index in [0.29, 0.717) is 15.9 Å². The molecule has 3 aromatic rings. The zero-order valence-electron chi connectivity index (χ0n) is 12.4. The lowest BCUT2D eigenvalue weighted by Gasteiger charge is -2.00. The third kappa shape index (κ3) is 3.47. The molecule has 1 heterocycles. The van der Waals surface area contributed by atoms with Crippen molar-refractivity contribution in [3.05, 3.63) is 42.0 Å². The molecule has 2 aromatic carbocycles. The van der Waals surface area contributed by atoms with Crippen molar-refractivity contribution in [2.45, 2.75) is 4.90 Å². The summed E-state index contributed by atoms with van der Waals surface area (Å²) in [5.74, 6) is -1.05. The van der Waals surface area contributed by atoms with Gasteiger partial charge in [0.1, 0.15) is 5.75 Å². The summed E-state index contributed by atoms with van der Waals surface area (Å²) in [7, 11) is -3.85. The maximum absolute atomic E-state index is 11.5. The van der Waals surface area contributed by atoms with E-state index in [0.717, 1.165) is 11.5 Å². The second-order valence-electron chi connectivity index (χ2n) is 4.98. The number of amides is 1. The monoisotopic (exact) mass is 377 g/mol. The normalized spacial score (nSPS) is 12.0. The molecule has 0 aliphatic heterocycles. The van der Waals surface area contributed by atoms with Gasteiger partial charge >= 0.3 is 0 Å². The second kappa shape index (κ2) is 6.20. The Kier molecular flexibility index (Phi) is 4.20. The summed E-state index contributed by atoms with van der Waals surface area (Å²) >= 11 is 1.03. The Morgan fingerprint density at radius 1 is 1.16 bits per heavy atom. The molecule has 25 heavy (non-hydrogen) atoms. The van der Waals surface area contributed by atoms with Crippen LogP contribution in [0.4, 0.5) is 10.7 Å². The summed E-state index contributed by atoms with van der Waals surface area (Å²) in [6.45, 7) is 0. The molecule has 11 heteroatoms. The van der Waals surface area contributed by atoms with Gasteiger partial charge in [-0.05, 0) is 47.9 Å². The minimum atomic E-state index is -3.85. The SMILES string of the molecule is NC(=O)c1cc(/N=N/c2snc3ccc(S(N)(=O)=O)cc23)ccc1O. The van der Waals surface area contributed by atoms with Crippen LogP contribution in [-0.4, -0.2) is 23.8 Å².